The maximum atomic E-state index is 12.8. The normalized spacial score (nSPS) is 20.0. The van der Waals surface area contributed by atoms with E-state index in [1.54, 1.807) is 6.92 Å². The number of amides is 2. The Kier molecular flexibility index (Phi) is 6.49. The average molecular weight is 448 g/mol. The Morgan fingerprint density at radius 3 is 2.67 bits per heavy atom. The first kappa shape index (κ1) is 22.6. The molecule has 4 rings (SSSR count). The van der Waals surface area contributed by atoms with Crippen molar-refractivity contribution in [2.75, 3.05) is 5.32 Å². The first-order valence-electron chi connectivity index (χ1n) is 11.3. The lowest BCUT2D eigenvalue weighted by Gasteiger charge is -2.34. The van der Waals surface area contributed by atoms with Crippen LogP contribution in [0.15, 0.2) is 54.7 Å². The van der Waals surface area contributed by atoms with Crippen LogP contribution in [0.1, 0.15) is 60.9 Å². The Bertz CT molecular complexity index is 1150. The lowest BCUT2D eigenvalue weighted by Crippen LogP contribution is -2.50. The number of benzene rings is 2. The van der Waals surface area contributed by atoms with Gasteiger partial charge in [-0.3, -0.25) is 9.59 Å². The highest BCUT2D eigenvalue weighted by Crippen LogP contribution is 2.39. The zero-order chi connectivity index (χ0) is 23.4. The molecule has 172 valence electrons. The summed E-state index contributed by atoms with van der Waals surface area (Å²) in [7, 11) is 0. The van der Waals surface area contributed by atoms with Crippen molar-refractivity contribution >= 4 is 34.9 Å². The van der Waals surface area contributed by atoms with E-state index < -0.39 is 11.5 Å². The van der Waals surface area contributed by atoms with E-state index in [1.807, 2.05) is 54.7 Å². The van der Waals surface area contributed by atoms with Crippen molar-refractivity contribution in [2.45, 2.75) is 50.5 Å². The van der Waals surface area contributed by atoms with Crippen molar-refractivity contribution in [3.8, 4) is 0 Å². The average Bonchev–Trinajstić information content (AvgIpc) is 3.29. The Balaban J connectivity index is 1.41. The number of carboxylic acid groups (broad SMARTS) is 1. The van der Waals surface area contributed by atoms with Gasteiger partial charge in [-0.2, -0.15) is 0 Å². The van der Waals surface area contributed by atoms with Crippen LogP contribution >= 0.6 is 0 Å². The molecule has 1 heterocycles. The van der Waals surface area contributed by atoms with Gasteiger partial charge in [0.25, 0.3) is 5.91 Å². The van der Waals surface area contributed by atoms with E-state index in [1.165, 1.54) is 5.56 Å². The highest BCUT2D eigenvalue weighted by molar-refractivity contribution is 6.12. The molecule has 0 aliphatic heterocycles. The molecule has 7 nitrogen and oxygen atoms in total. The fraction of sp³-hybridized carbons (Fsp3) is 0.346. The zero-order valence-corrected chi connectivity index (χ0v) is 18.6. The van der Waals surface area contributed by atoms with Crippen LogP contribution in [-0.2, 0) is 9.59 Å². The van der Waals surface area contributed by atoms with Crippen LogP contribution in [0.2, 0.25) is 0 Å². The van der Waals surface area contributed by atoms with Gasteiger partial charge in [-0.25, -0.2) is 4.79 Å². The largest absolute Gasteiger partial charge is 0.480 e. The molecule has 7 heteroatoms. The molecule has 2 amide bonds. The standard InChI is InChI=1S/C26H29N3O4/c1-26(25(32)33,28-16-30)15-17-4-2-5-19(14-17)18-8-10-20(11-9-18)29-24(31)22-6-3-7-23-21(22)12-13-27-23/h3,6-13,16-17,19,27H,2,4-5,14-15H2,1H3,(H,28,30)(H,29,31)(H,32,33)/t17-,19-,26?/m0/s1. The SMILES string of the molecule is CC(C[C@H]1CCC[C@H](c2ccc(NC(=O)c3cccc4[nH]ccc34)cc2)C1)(NC=O)C(=O)O. The second-order valence-corrected chi connectivity index (χ2v) is 9.15. The van der Waals surface area contributed by atoms with E-state index in [0.29, 0.717) is 24.3 Å². The number of anilines is 1. The summed E-state index contributed by atoms with van der Waals surface area (Å²) < 4.78 is 0. The van der Waals surface area contributed by atoms with Crippen molar-refractivity contribution in [3.05, 3.63) is 65.9 Å². The van der Waals surface area contributed by atoms with Gasteiger partial charge in [0, 0.05) is 28.4 Å². The molecule has 2 aromatic carbocycles. The third-order valence-electron chi connectivity index (χ3n) is 6.81. The summed E-state index contributed by atoms with van der Waals surface area (Å²) in [5.74, 6) is -0.608. The van der Waals surface area contributed by atoms with Gasteiger partial charge < -0.3 is 20.7 Å². The number of H-pyrrole nitrogens is 1. The third-order valence-corrected chi connectivity index (χ3v) is 6.81. The summed E-state index contributed by atoms with van der Waals surface area (Å²) in [5.41, 5.74) is 2.22. The zero-order valence-electron chi connectivity index (χ0n) is 18.6. The Morgan fingerprint density at radius 1 is 1.15 bits per heavy atom. The van der Waals surface area contributed by atoms with Gasteiger partial charge in [-0.15, -0.1) is 0 Å². The summed E-state index contributed by atoms with van der Waals surface area (Å²) in [5, 5.41) is 15.9. The number of carbonyl (C=O) groups excluding carboxylic acids is 2. The number of nitrogens with one attached hydrogen (secondary N) is 3. The fourth-order valence-electron chi connectivity index (χ4n) is 5.01. The maximum absolute atomic E-state index is 12.8. The lowest BCUT2D eigenvalue weighted by atomic mass is 9.73. The number of aromatic amines is 1. The Morgan fingerprint density at radius 2 is 1.94 bits per heavy atom. The summed E-state index contributed by atoms with van der Waals surface area (Å²) in [4.78, 5) is 38.5. The summed E-state index contributed by atoms with van der Waals surface area (Å²) in [6, 6.07) is 15.4. The minimum absolute atomic E-state index is 0.152. The second-order valence-electron chi connectivity index (χ2n) is 9.15. The molecule has 1 fully saturated rings. The molecular formula is C26H29N3O4. The van der Waals surface area contributed by atoms with Crippen molar-refractivity contribution in [3.63, 3.8) is 0 Å². The number of carbonyl (C=O) groups is 3. The topological polar surface area (TPSA) is 111 Å². The van der Waals surface area contributed by atoms with E-state index in [-0.39, 0.29) is 11.8 Å². The van der Waals surface area contributed by atoms with Crippen LogP contribution in [-0.4, -0.2) is 33.9 Å². The smallest absolute Gasteiger partial charge is 0.329 e. The Hall–Kier alpha value is -3.61. The van der Waals surface area contributed by atoms with Crippen molar-refractivity contribution < 1.29 is 19.5 Å². The minimum Gasteiger partial charge on any atom is -0.480 e. The van der Waals surface area contributed by atoms with Gasteiger partial charge >= 0.3 is 5.97 Å². The fourth-order valence-corrected chi connectivity index (χ4v) is 5.01. The number of aromatic nitrogens is 1. The van der Waals surface area contributed by atoms with Gasteiger partial charge in [0.05, 0.1) is 0 Å². The monoisotopic (exact) mass is 447 g/mol. The molecule has 33 heavy (non-hydrogen) atoms. The number of hydrogen-bond donors (Lipinski definition) is 4. The van der Waals surface area contributed by atoms with Crippen molar-refractivity contribution in [1.82, 2.24) is 10.3 Å². The van der Waals surface area contributed by atoms with Gasteiger partial charge in [0.15, 0.2) is 0 Å². The van der Waals surface area contributed by atoms with Crippen LogP contribution < -0.4 is 10.6 Å². The predicted octanol–water partition coefficient (Wildman–Crippen LogP) is 4.67. The second kappa shape index (κ2) is 9.48. The number of rotatable bonds is 8. The number of fused-ring (bicyclic) bond motifs is 1. The highest BCUT2D eigenvalue weighted by Gasteiger charge is 2.37. The molecule has 1 unspecified atom stereocenters. The molecule has 0 bridgehead atoms. The van der Waals surface area contributed by atoms with Gasteiger partial charge in [0.2, 0.25) is 6.41 Å². The molecule has 3 aromatic rings. The first-order chi connectivity index (χ1) is 15.9. The van der Waals surface area contributed by atoms with E-state index in [4.69, 9.17) is 0 Å². The minimum atomic E-state index is -1.25. The molecule has 1 saturated carbocycles. The van der Waals surface area contributed by atoms with Crippen LogP contribution in [0.25, 0.3) is 10.9 Å². The molecule has 1 aliphatic carbocycles. The van der Waals surface area contributed by atoms with Crippen LogP contribution in [0.4, 0.5) is 5.69 Å². The van der Waals surface area contributed by atoms with Crippen LogP contribution in [0.3, 0.4) is 0 Å². The summed E-state index contributed by atoms with van der Waals surface area (Å²) >= 11 is 0. The lowest BCUT2D eigenvalue weighted by molar-refractivity contribution is -0.146. The van der Waals surface area contributed by atoms with Crippen molar-refractivity contribution in [1.29, 1.82) is 0 Å². The molecule has 0 spiro atoms. The van der Waals surface area contributed by atoms with Gasteiger partial charge in [-0.1, -0.05) is 31.0 Å². The predicted molar refractivity (Wildman–Crippen MR) is 127 cm³/mol. The van der Waals surface area contributed by atoms with Crippen molar-refractivity contribution in [2.24, 2.45) is 5.92 Å². The highest BCUT2D eigenvalue weighted by atomic mass is 16.4. The van der Waals surface area contributed by atoms with Gasteiger partial charge in [-0.05, 0) is 73.9 Å². The number of hydrogen-bond acceptors (Lipinski definition) is 3. The van der Waals surface area contributed by atoms with E-state index in [0.717, 1.165) is 42.3 Å². The van der Waals surface area contributed by atoms with E-state index >= 15 is 0 Å². The van der Waals surface area contributed by atoms with E-state index in [2.05, 4.69) is 15.6 Å². The third kappa shape index (κ3) is 4.92. The number of aliphatic carboxylic acids is 1. The quantitative estimate of drug-likeness (QED) is 0.376. The van der Waals surface area contributed by atoms with Crippen LogP contribution in [0.5, 0.6) is 0 Å². The molecule has 0 radical (unpaired) electrons. The molecule has 0 saturated heterocycles. The number of carboxylic acids is 1. The molecule has 3 atom stereocenters. The molecule has 1 aliphatic rings. The maximum Gasteiger partial charge on any atom is 0.329 e. The molecule has 1 aromatic heterocycles. The first-order valence-corrected chi connectivity index (χ1v) is 11.3. The van der Waals surface area contributed by atoms with Crippen LogP contribution in [0, 0.1) is 5.92 Å². The van der Waals surface area contributed by atoms with E-state index in [9.17, 15) is 19.5 Å². The van der Waals surface area contributed by atoms with Gasteiger partial charge in [0.1, 0.15) is 5.54 Å². The summed E-state index contributed by atoms with van der Waals surface area (Å²) in [6.45, 7) is 1.57. The molecular weight excluding hydrogens is 418 g/mol. The summed E-state index contributed by atoms with van der Waals surface area (Å²) in [6.07, 6.45) is 6.60. The Labute approximate surface area is 192 Å². The molecule has 4 N–H and O–H groups in total.